The molecular formula is C74H66O10. The van der Waals surface area contributed by atoms with Gasteiger partial charge in [-0.25, -0.2) is 0 Å². The van der Waals surface area contributed by atoms with Crippen LogP contribution in [-0.4, -0.2) is 51.1 Å². The van der Waals surface area contributed by atoms with E-state index in [-0.39, 0.29) is 80.7 Å². The Labute approximate surface area is 489 Å². The number of hydrogen-bond donors (Lipinski definition) is 10. The van der Waals surface area contributed by atoms with Crippen LogP contribution in [-0.2, 0) is 10.8 Å². The van der Waals surface area contributed by atoms with Gasteiger partial charge >= 0.3 is 0 Å². The predicted octanol–water partition coefficient (Wildman–Crippen LogP) is 15.9. The third-order valence-corrected chi connectivity index (χ3v) is 15.7. The first kappa shape index (κ1) is 58.1. The van der Waals surface area contributed by atoms with E-state index in [1.54, 1.807) is 121 Å². The molecule has 0 spiro atoms. The molecule has 0 saturated carbocycles. The molecule has 0 heterocycles. The quantitative estimate of drug-likeness (QED) is 0.0495. The Morgan fingerprint density at radius 1 is 0.190 bits per heavy atom. The maximum absolute atomic E-state index is 9.80. The second-order valence-electron chi connectivity index (χ2n) is 21.5. The molecule has 0 aliphatic heterocycles. The van der Waals surface area contributed by atoms with Gasteiger partial charge in [0.25, 0.3) is 0 Å². The van der Waals surface area contributed by atoms with E-state index in [0.717, 1.165) is 61.2 Å². The summed E-state index contributed by atoms with van der Waals surface area (Å²) < 4.78 is 0. The van der Waals surface area contributed by atoms with Gasteiger partial charge in [-0.2, -0.15) is 0 Å². The maximum Gasteiger partial charge on any atom is 0.115 e. The Morgan fingerprint density at radius 2 is 0.333 bits per heavy atom. The molecule has 10 N–H and O–H groups in total. The summed E-state index contributed by atoms with van der Waals surface area (Å²) in [6.07, 6.45) is 0. The highest BCUT2D eigenvalue weighted by molar-refractivity contribution is 5.54. The van der Waals surface area contributed by atoms with E-state index in [1.807, 2.05) is 121 Å². The number of hydrogen-bond acceptors (Lipinski definition) is 10. The van der Waals surface area contributed by atoms with Crippen molar-refractivity contribution in [3.8, 4) is 57.5 Å². The van der Waals surface area contributed by atoms with Crippen molar-refractivity contribution in [1.29, 1.82) is 0 Å². The van der Waals surface area contributed by atoms with Crippen molar-refractivity contribution in [2.45, 2.75) is 49.4 Å². The Balaban J connectivity index is 0.000000154. The van der Waals surface area contributed by atoms with Gasteiger partial charge in [0.15, 0.2) is 0 Å². The van der Waals surface area contributed by atoms with Gasteiger partial charge in [-0.3, -0.25) is 0 Å². The van der Waals surface area contributed by atoms with Crippen LogP contribution in [0.25, 0.3) is 0 Å². The minimum atomic E-state index is -0.470. The fraction of sp³-hybridized carbons (Fsp3) is 0.108. The van der Waals surface area contributed by atoms with Gasteiger partial charge in [0, 0.05) is 28.6 Å². The van der Waals surface area contributed by atoms with E-state index < -0.39 is 5.41 Å². The maximum atomic E-state index is 9.80. The van der Waals surface area contributed by atoms with Gasteiger partial charge in [0.2, 0.25) is 0 Å². The molecule has 0 fully saturated rings. The minimum absolute atomic E-state index is 0.0400. The molecule has 0 bridgehead atoms. The number of benzene rings is 11. The highest BCUT2D eigenvalue weighted by atomic mass is 16.3. The van der Waals surface area contributed by atoms with Crippen molar-refractivity contribution >= 4 is 0 Å². The zero-order chi connectivity index (χ0) is 59.5. The summed E-state index contributed by atoms with van der Waals surface area (Å²) in [5.74, 6) is 1.82. The van der Waals surface area contributed by atoms with E-state index in [2.05, 4.69) is 45.0 Å². The van der Waals surface area contributed by atoms with Gasteiger partial charge in [-0.1, -0.05) is 159 Å². The molecule has 0 aliphatic rings. The second-order valence-corrected chi connectivity index (χ2v) is 21.5. The van der Waals surface area contributed by atoms with Gasteiger partial charge in [0.1, 0.15) is 57.5 Å². The fourth-order valence-corrected chi connectivity index (χ4v) is 10.8. The summed E-state index contributed by atoms with van der Waals surface area (Å²) in [5.41, 5.74) is 11.8. The molecule has 10 heteroatoms. The SMILES string of the molecule is CC(C)(c1ccc(O)cc1)c1ccc(C(C)(c2ccc(O)cc2)c2ccc(O)cc2)cc1.Oc1ccc(C(c2ccc(O)cc2)C(c2ccc(O)cc2)c2ccc(O)cc2)cc1.Oc1ccc(C(c2ccc(O)cc2)c2ccc(O)cc2)cc1. The molecule has 11 aromatic rings. The van der Waals surface area contributed by atoms with Crippen LogP contribution >= 0.6 is 0 Å². The van der Waals surface area contributed by atoms with E-state index in [9.17, 15) is 51.1 Å². The van der Waals surface area contributed by atoms with Crippen molar-refractivity contribution in [3.63, 3.8) is 0 Å². The van der Waals surface area contributed by atoms with E-state index >= 15 is 0 Å². The third kappa shape index (κ3) is 13.6. The van der Waals surface area contributed by atoms with Crippen molar-refractivity contribution in [2.75, 3.05) is 0 Å². The first-order chi connectivity index (χ1) is 40.3. The first-order valence-electron chi connectivity index (χ1n) is 27.4. The fourth-order valence-electron chi connectivity index (χ4n) is 10.8. The van der Waals surface area contributed by atoms with Crippen LogP contribution in [0.3, 0.4) is 0 Å². The molecule has 0 atom stereocenters. The van der Waals surface area contributed by atoms with Gasteiger partial charge in [-0.05, 0) is 195 Å². The molecule has 0 unspecified atom stereocenters. The number of rotatable bonds is 13. The summed E-state index contributed by atoms with van der Waals surface area (Å²) in [7, 11) is 0. The molecule has 0 aromatic heterocycles. The Hall–Kier alpha value is -10.6. The Bertz CT molecular complexity index is 3510. The van der Waals surface area contributed by atoms with Crippen LogP contribution in [0.5, 0.6) is 57.5 Å². The average molecular weight is 1120 g/mol. The highest BCUT2D eigenvalue weighted by Gasteiger charge is 2.33. The van der Waals surface area contributed by atoms with Gasteiger partial charge < -0.3 is 51.1 Å². The largest absolute Gasteiger partial charge is 0.508 e. The molecule has 84 heavy (non-hydrogen) atoms. The zero-order valence-corrected chi connectivity index (χ0v) is 46.6. The van der Waals surface area contributed by atoms with Crippen molar-refractivity contribution in [2.24, 2.45) is 0 Å². The van der Waals surface area contributed by atoms with Gasteiger partial charge in [-0.15, -0.1) is 0 Å². The molecule has 11 rings (SSSR count). The predicted molar refractivity (Wildman–Crippen MR) is 330 cm³/mol. The monoisotopic (exact) mass is 1110 g/mol. The highest BCUT2D eigenvalue weighted by Crippen LogP contribution is 2.45. The lowest BCUT2D eigenvalue weighted by atomic mass is 9.70. The van der Waals surface area contributed by atoms with Crippen molar-refractivity contribution in [1.82, 2.24) is 0 Å². The number of phenols is 10. The van der Waals surface area contributed by atoms with Crippen LogP contribution in [0, 0.1) is 0 Å². The standard InChI is InChI=1S/C29H28O3.C26H22O4.C19H16O3/c1-28(2,21-8-14-25(30)15-9-21)20-4-6-22(7-5-20)29(3,23-10-16-26(31)17-11-23)24-12-18-27(32)19-13-24;27-21-9-1-17(2-10-21)25(18-3-11-22(28)12-4-18)26(19-5-13-23(29)14-6-19)20-7-15-24(30)16-8-20;20-16-7-1-13(2-8-16)19(14-3-9-17(21)10-4-14)15-5-11-18(22)12-6-15/h4-19,30-32H,1-3H3;1-16,25-30H;1-12,19-22H. The zero-order valence-electron chi connectivity index (χ0n) is 46.6. The van der Waals surface area contributed by atoms with Crippen molar-refractivity contribution in [3.05, 3.63) is 334 Å². The Morgan fingerprint density at radius 3 is 0.536 bits per heavy atom. The minimum Gasteiger partial charge on any atom is -0.508 e. The number of phenolic OH excluding ortho intramolecular Hbond substituents is 10. The molecule has 0 radical (unpaired) electrons. The number of aromatic hydroxyl groups is 10. The van der Waals surface area contributed by atoms with Crippen LogP contribution in [0.4, 0.5) is 0 Å². The van der Waals surface area contributed by atoms with Crippen LogP contribution in [0.2, 0.25) is 0 Å². The molecule has 0 aliphatic carbocycles. The first-order valence-corrected chi connectivity index (χ1v) is 27.4. The molecule has 11 aromatic carbocycles. The molecule has 422 valence electrons. The molecular weight excluding hydrogens is 1050 g/mol. The normalized spacial score (nSPS) is 11.4. The summed E-state index contributed by atoms with van der Waals surface area (Å²) in [6, 6.07) is 80.1. The van der Waals surface area contributed by atoms with E-state index in [1.165, 1.54) is 5.56 Å². The smallest absolute Gasteiger partial charge is 0.115 e. The van der Waals surface area contributed by atoms with E-state index in [0.29, 0.717) is 0 Å². The summed E-state index contributed by atoms with van der Waals surface area (Å²) in [5, 5.41) is 96.9. The molecule has 10 nitrogen and oxygen atoms in total. The average Bonchev–Trinajstić information content (AvgIpc) is 2.17. The lowest BCUT2D eigenvalue weighted by Gasteiger charge is -2.33. The van der Waals surface area contributed by atoms with E-state index in [4.69, 9.17) is 0 Å². The van der Waals surface area contributed by atoms with Crippen LogP contribution in [0.15, 0.2) is 267 Å². The van der Waals surface area contributed by atoms with Crippen LogP contribution in [0.1, 0.15) is 105 Å². The molecule has 0 saturated heterocycles. The lowest BCUT2D eigenvalue weighted by molar-refractivity contribution is 0.473. The second kappa shape index (κ2) is 25.5. The summed E-state index contributed by atoms with van der Waals surface area (Å²) >= 11 is 0. The topological polar surface area (TPSA) is 202 Å². The molecule has 0 amide bonds. The van der Waals surface area contributed by atoms with Crippen molar-refractivity contribution < 1.29 is 51.1 Å². The summed E-state index contributed by atoms with van der Waals surface area (Å²) in [6.45, 7) is 6.51. The van der Waals surface area contributed by atoms with Crippen LogP contribution < -0.4 is 0 Å². The third-order valence-electron chi connectivity index (χ3n) is 15.7. The Kier molecular flexibility index (Phi) is 17.6. The summed E-state index contributed by atoms with van der Waals surface area (Å²) in [4.78, 5) is 0. The lowest BCUT2D eigenvalue weighted by Crippen LogP contribution is -2.26. The van der Waals surface area contributed by atoms with Gasteiger partial charge in [0.05, 0.1) is 0 Å².